The Morgan fingerprint density at radius 2 is 0.984 bits per heavy atom. The summed E-state index contributed by atoms with van der Waals surface area (Å²) >= 11 is 0. The molecule has 10 rings (SSSR count). The molecule has 308 valence electrons. The molecule has 2 aliphatic rings. The number of ether oxygens (including phenoxy) is 1. The van der Waals surface area contributed by atoms with Gasteiger partial charge >= 0.3 is 0 Å². The molecule has 8 aromatic rings. The second-order valence-corrected chi connectivity index (χ2v) is 24.2. The molecular formula is C57H60N2OSi. The van der Waals surface area contributed by atoms with Crippen LogP contribution >= 0.6 is 0 Å². The van der Waals surface area contributed by atoms with Gasteiger partial charge in [-0.15, -0.1) is 0 Å². The van der Waals surface area contributed by atoms with Crippen LogP contribution < -0.4 is 0 Å². The molecule has 0 fully saturated rings. The zero-order valence-corrected chi connectivity index (χ0v) is 38.4. The largest absolute Gasteiger partial charge is 0.376 e. The maximum absolute atomic E-state index is 6.12. The lowest BCUT2D eigenvalue weighted by atomic mass is 9.95. The van der Waals surface area contributed by atoms with Crippen LogP contribution in [0.15, 0.2) is 132 Å². The summed E-state index contributed by atoms with van der Waals surface area (Å²) < 4.78 is 10.8. The van der Waals surface area contributed by atoms with E-state index in [1.807, 2.05) is 0 Å². The molecule has 61 heavy (non-hydrogen) atoms. The lowest BCUT2D eigenvalue weighted by Gasteiger charge is -2.42. The van der Waals surface area contributed by atoms with Crippen molar-refractivity contribution in [3.63, 3.8) is 0 Å². The molecule has 4 heteroatoms. The maximum atomic E-state index is 6.12. The number of benzene rings is 6. The number of aromatic nitrogens is 2. The van der Waals surface area contributed by atoms with Crippen LogP contribution in [0.1, 0.15) is 93.6 Å². The summed E-state index contributed by atoms with van der Waals surface area (Å²) in [6, 6.07) is 47.6. The Morgan fingerprint density at radius 1 is 0.525 bits per heavy atom. The molecule has 0 N–H and O–H groups in total. The smallest absolute Gasteiger partial charge is 0.0751 e. The number of unbranched alkanes of at least 4 members (excludes halogenated alkanes) is 3. The van der Waals surface area contributed by atoms with Crippen molar-refractivity contribution in [2.24, 2.45) is 14.1 Å². The molecule has 0 saturated carbocycles. The highest BCUT2D eigenvalue weighted by Crippen LogP contribution is 2.56. The summed E-state index contributed by atoms with van der Waals surface area (Å²) in [5.41, 5.74) is 20.3. The predicted molar refractivity (Wildman–Crippen MR) is 265 cm³/mol. The minimum Gasteiger partial charge on any atom is -0.376 e. The second kappa shape index (κ2) is 15.2. The van der Waals surface area contributed by atoms with Gasteiger partial charge in [-0.25, -0.2) is 0 Å². The van der Waals surface area contributed by atoms with Crippen molar-refractivity contribution in [2.45, 2.75) is 89.6 Å². The van der Waals surface area contributed by atoms with Crippen molar-refractivity contribution in [1.29, 1.82) is 0 Å². The quantitative estimate of drug-likeness (QED) is 0.0940. The molecule has 2 unspecified atom stereocenters. The Bertz CT molecular complexity index is 2880. The number of aryl methyl sites for hydroxylation is 2. The number of fused-ring (bicyclic) bond motifs is 8. The van der Waals surface area contributed by atoms with Crippen LogP contribution in [0.3, 0.4) is 0 Å². The van der Waals surface area contributed by atoms with Gasteiger partial charge in [0.05, 0.1) is 13.7 Å². The predicted octanol–water partition coefficient (Wildman–Crippen LogP) is 15.5. The minimum atomic E-state index is -2.19. The molecule has 6 aromatic carbocycles. The van der Waals surface area contributed by atoms with Gasteiger partial charge in [0.25, 0.3) is 0 Å². The first-order chi connectivity index (χ1) is 29.4. The van der Waals surface area contributed by atoms with Gasteiger partial charge in [-0.05, 0) is 122 Å². The number of allylic oxidation sites excluding steroid dienone is 2. The van der Waals surface area contributed by atoms with Crippen LogP contribution in [0.4, 0.5) is 0 Å². The Balaban J connectivity index is 1.05. The number of rotatable bonds is 11. The van der Waals surface area contributed by atoms with E-state index in [0.717, 1.165) is 13.0 Å². The molecule has 3 nitrogen and oxygen atoms in total. The average Bonchev–Trinajstić information content (AvgIpc) is 3.96. The fourth-order valence-corrected chi connectivity index (χ4v) is 17.9. The zero-order chi connectivity index (χ0) is 42.2. The van der Waals surface area contributed by atoms with E-state index in [0.29, 0.717) is 11.1 Å². The Morgan fingerprint density at radius 3 is 1.48 bits per heavy atom. The summed E-state index contributed by atoms with van der Waals surface area (Å²) in [5, 5.41) is 5.30. The lowest BCUT2D eigenvalue weighted by Crippen LogP contribution is -2.45. The second-order valence-electron chi connectivity index (χ2n) is 19.5. The zero-order valence-electron chi connectivity index (χ0n) is 37.4. The van der Waals surface area contributed by atoms with Crippen molar-refractivity contribution < 1.29 is 4.74 Å². The summed E-state index contributed by atoms with van der Waals surface area (Å²) in [4.78, 5) is 0. The summed E-state index contributed by atoms with van der Waals surface area (Å²) in [6.07, 6.45) is 9.99. The SMILES string of the molecule is CC1=Cc2c(-c3ccc4c(c3)c3ccccc3n4C)cccc2C1[Si](C)(CCCCCCOC(C)(C)C)C1C(C)=Cc2c(-c3ccc4c(c3)c3ccccc3n4C)cccc21. The third kappa shape index (κ3) is 6.65. The molecule has 2 heterocycles. The lowest BCUT2D eigenvalue weighted by molar-refractivity contribution is -0.00471. The fraction of sp³-hybridized carbons (Fsp3) is 0.298. The van der Waals surface area contributed by atoms with Crippen LogP contribution in [0.2, 0.25) is 12.6 Å². The van der Waals surface area contributed by atoms with E-state index in [1.165, 1.54) is 102 Å². The van der Waals surface area contributed by atoms with Crippen molar-refractivity contribution in [1.82, 2.24) is 9.13 Å². The van der Waals surface area contributed by atoms with Crippen molar-refractivity contribution in [2.75, 3.05) is 6.61 Å². The normalized spacial score (nSPS) is 17.3. The standard InChI is InChI=1S/C57H60N2OSi/c1-37-33-47-41(39-27-29-53-49(35-39)43-19-11-13-25-51(43)58(53)6)21-17-23-45(47)55(37)61(8,32-16-10-9-15-31-60-57(3,4)5)56-38(2)34-48-42(22-18-24-46(48)56)40-28-30-54-50(36-40)44-20-12-14-26-52(44)59(54)7/h11-14,17-30,33-36,55-56H,9-10,15-16,31-32H2,1-8H3. The number of hydrogen-bond acceptors (Lipinski definition) is 1. The van der Waals surface area contributed by atoms with Gasteiger partial charge in [0.1, 0.15) is 0 Å². The molecule has 2 aromatic heterocycles. The van der Waals surface area contributed by atoms with Gasteiger partial charge in [0, 0.05) is 75.4 Å². The minimum absolute atomic E-state index is 0.0794. The van der Waals surface area contributed by atoms with E-state index in [-0.39, 0.29) is 5.60 Å². The van der Waals surface area contributed by atoms with Crippen molar-refractivity contribution in [3.05, 3.63) is 155 Å². The maximum Gasteiger partial charge on any atom is 0.0751 e. The highest BCUT2D eigenvalue weighted by Gasteiger charge is 2.50. The molecule has 0 saturated heterocycles. The van der Waals surface area contributed by atoms with Gasteiger partial charge < -0.3 is 13.9 Å². The van der Waals surface area contributed by atoms with Crippen LogP contribution in [-0.2, 0) is 18.8 Å². The monoisotopic (exact) mass is 816 g/mol. The van der Waals surface area contributed by atoms with E-state index < -0.39 is 8.07 Å². The van der Waals surface area contributed by atoms with E-state index in [2.05, 4.69) is 198 Å². The molecular weight excluding hydrogens is 757 g/mol. The van der Waals surface area contributed by atoms with Crippen molar-refractivity contribution >= 4 is 63.8 Å². The summed E-state index contributed by atoms with van der Waals surface area (Å²) in [5.74, 6) is 0. The van der Waals surface area contributed by atoms with Crippen LogP contribution in [0, 0.1) is 0 Å². The van der Waals surface area contributed by atoms with E-state index in [9.17, 15) is 0 Å². The van der Waals surface area contributed by atoms with Crippen LogP contribution in [0.25, 0.3) is 78.0 Å². The molecule has 0 bridgehead atoms. The van der Waals surface area contributed by atoms with Crippen molar-refractivity contribution in [3.8, 4) is 22.3 Å². The number of nitrogens with zero attached hydrogens (tertiary/aromatic N) is 2. The third-order valence-corrected chi connectivity index (χ3v) is 20.1. The molecule has 0 spiro atoms. The Labute approximate surface area is 363 Å². The number of hydrogen-bond donors (Lipinski definition) is 0. The van der Waals surface area contributed by atoms with Gasteiger partial charge in [-0.3, -0.25) is 0 Å². The molecule has 2 atom stereocenters. The molecule has 2 aliphatic carbocycles. The summed E-state index contributed by atoms with van der Waals surface area (Å²) in [6.45, 7) is 15.0. The molecule has 0 aliphatic heterocycles. The first kappa shape index (κ1) is 39.7. The van der Waals surface area contributed by atoms with Crippen LogP contribution in [0.5, 0.6) is 0 Å². The fourth-order valence-electron chi connectivity index (χ4n) is 11.8. The molecule has 0 radical (unpaired) electrons. The van der Waals surface area contributed by atoms with Gasteiger partial charge in [-0.2, -0.15) is 0 Å². The highest BCUT2D eigenvalue weighted by molar-refractivity contribution is 6.83. The highest BCUT2D eigenvalue weighted by atomic mass is 28.3. The topological polar surface area (TPSA) is 19.1 Å². The first-order valence-electron chi connectivity index (χ1n) is 22.6. The van der Waals surface area contributed by atoms with E-state index in [4.69, 9.17) is 4.74 Å². The Kier molecular flexibility index (Phi) is 9.88. The van der Waals surface area contributed by atoms with E-state index in [1.54, 1.807) is 22.3 Å². The average molecular weight is 817 g/mol. The van der Waals surface area contributed by atoms with E-state index >= 15 is 0 Å². The third-order valence-electron chi connectivity index (χ3n) is 14.5. The Hall–Kier alpha value is -5.42. The van der Waals surface area contributed by atoms with Gasteiger partial charge in [0.15, 0.2) is 0 Å². The van der Waals surface area contributed by atoms with Gasteiger partial charge in [-0.1, -0.05) is 140 Å². The summed E-state index contributed by atoms with van der Waals surface area (Å²) in [7, 11) is 2.20. The molecule has 0 amide bonds. The number of para-hydroxylation sites is 2. The van der Waals surface area contributed by atoms with Crippen LogP contribution in [-0.4, -0.2) is 29.4 Å². The first-order valence-corrected chi connectivity index (χ1v) is 25.5. The van der Waals surface area contributed by atoms with Gasteiger partial charge in [0.2, 0.25) is 0 Å².